The monoisotopic (exact) mass is 103 g/mol. The van der Waals surface area contributed by atoms with Crippen molar-refractivity contribution in [2.75, 3.05) is 13.2 Å². The Hall–Kier alpha value is -0.120. The molecule has 3 N–H and O–H groups in total. The van der Waals surface area contributed by atoms with Gasteiger partial charge in [-0.25, -0.2) is 0 Å². The summed E-state index contributed by atoms with van der Waals surface area (Å²) in [5, 5.41) is 8.75. The predicted molar refractivity (Wildman–Crippen MR) is 24.8 cm³/mol. The molecule has 0 amide bonds. The lowest BCUT2D eigenvalue weighted by Gasteiger charge is -2.01. The average molecular weight is 103 g/mol. The molecule has 1 fully saturated rings. The minimum absolute atomic E-state index is 0.153. The number of ether oxygens (including phenoxy) is 1. The van der Waals surface area contributed by atoms with E-state index in [1.807, 2.05) is 0 Å². The van der Waals surface area contributed by atoms with Crippen molar-refractivity contribution < 1.29 is 9.84 Å². The lowest BCUT2D eigenvalue weighted by molar-refractivity contribution is 0.125. The molecule has 0 spiro atoms. The Morgan fingerprint density at radius 2 is 2.29 bits per heavy atom. The van der Waals surface area contributed by atoms with Crippen LogP contribution in [-0.4, -0.2) is 30.5 Å². The van der Waals surface area contributed by atoms with Gasteiger partial charge in [0.25, 0.3) is 0 Å². The van der Waals surface area contributed by atoms with Gasteiger partial charge in [-0.2, -0.15) is 0 Å². The van der Waals surface area contributed by atoms with Crippen LogP contribution in [-0.2, 0) is 4.74 Å². The van der Waals surface area contributed by atoms with Gasteiger partial charge in [0, 0.05) is 0 Å². The molecule has 0 aliphatic carbocycles. The molecule has 42 valence electrons. The Morgan fingerprint density at radius 1 is 1.57 bits per heavy atom. The number of aliphatic hydroxyl groups excluding tert-OH is 1. The molecule has 0 aromatic rings. The van der Waals surface area contributed by atoms with Crippen molar-refractivity contribution in [3.05, 3.63) is 0 Å². The first kappa shape index (κ1) is 5.03. The van der Waals surface area contributed by atoms with E-state index in [0.29, 0.717) is 13.2 Å². The molecule has 1 unspecified atom stereocenters. The summed E-state index contributed by atoms with van der Waals surface area (Å²) in [5.74, 6) is 0. The molecule has 3 heteroatoms. The fraction of sp³-hybridized carbons (Fsp3) is 1.00. The van der Waals surface area contributed by atoms with E-state index in [9.17, 15) is 0 Å². The first-order chi connectivity index (χ1) is 3.30. The van der Waals surface area contributed by atoms with E-state index in [1.165, 1.54) is 0 Å². The first-order valence-corrected chi connectivity index (χ1v) is 2.32. The summed E-state index contributed by atoms with van der Waals surface area (Å²) in [4.78, 5) is 0. The minimum Gasteiger partial charge on any atom is -0.389 e. The van der Waals surface area contributed by atoms with E-state index in [2.05, 4.69) is 0 Å². The minimum atomic E-state index is -0.431. The van der Waals surface area contributed by atoms with E-state index in [4.69, 9.17) is 15.6 Å². The van der Waals surface area contributed by atoms with Gasteiger partial charge in [-0.05, 0) is 0 Å². The molecule has 1 aliphatic rings. The lowest BCUT2D eigenvalue weighted by atomic mass is 10.2. The Morgan fingerprint density at radius 3 is 2.43 bits per heavy atom. The Kier molecular flexibility index (Phi) is 1.27. The zero-order chi connectivity index (χ0) is 5.28. The second-order valence-electron chi connectivity index (χ2n) is 1.77. The lowest BCUT2D eigenvalue weighted by Crippen LogP contribution is -2.32. The Bertz CT molecular complexity index is 58.7. The summed E-state index contributed by atoms with van der Waals surface area (Å²) in [6, 6.07) is -0.153. The molecule has 1 heterocycles. The van der Waals surface area contributed by atoms with E-state index in [0.717, 1.165) is 0 Å². The molecule has 0 bridgehead atoms. The third-order valence-electron chi connectivity index (χ3n) is 1.09. The third-order valence-corrected chi connectivity index (χ3v) is 1.09. The van der Waals surface area contributed by atoms with Crippen LogP contribution in [0.5, 0.6) is 0 Å². The maximum atomic E-state index is 8.75. The first-order valence-electron chi connectivity index (χ1n) is 2.32. The van der Waals surface area contributed by atoms with Crippen LogP contribution in [0.1, 0.15) is 0 Å². The van der Waals surface area contributed by atoms with Gasteiger partial charge in [-0.15, -0.1) is 0 Å². The number of hydrogen-bond donors (Lipinski definition) is 2. The molecular weight excluding hydrogens is 94.0 g/mol. The van der Waals surface area contributed by atoms with Crippen LogP contribution in [0.2, 0.25) is 0 Å². The molecule has 2 atom stereocenters. The maximum Gasteiger partial charge on any atom is 0.0946 e. The van der Waals surface area contributed by atoms with Crippen LogP contribution < -0.4 is 5.73 Å². The summed E-state index contributed by atoms with van der Waals surface area (Å²) in [6.07, 6.45) is -0.431. The SMILES string of the molecule is NC1COC[C@H]1O. The highest BCUT2D eigenvalue weighted by atomic mass is 16.5. The molecule has 1 rings (SSSR count). The third kappa shape index (κ3) is 0.907. The number of nitrogens with two attached hydrogens (primary N) is 1. The molecule has 3 nitrogen and oxygen atoms in total. The molecule has 1 saturated heterocycles. The summed E-state index contributed by atoms with van der Waals surface area (Å²) < 4.78 is 4.79. The van der Waals surface area contributed by atoms with Crippen LogP contribution in [0, 0.1) is 0 Å². The number of rotatable bonds is 0. The molecule has 7 heavy (non-hydrogen) atoms. The predicted octanol–water partition coefficient (Wildman–Crippen LogP) is -1.30. The van der Waals surface area contributed by atoms with Gasteiger partial charge < -0.3 is 15.6 Å². The highest BCUT2D eigenvalue weighted by Crippen LogP contribution is 2.00. The van der Waals surface area contributed by atoms with Crippen molar-refractivity contribution in [2.45, 2.75) is 12.1 Å². The molecule has 0 saturated carbocycles. The quantitative estimate of drug-likeness (QED) is 0.401. The zero-order valence-corrected chi connectivity index (χ0v) is 4.00. The van der Waals surface area contributed by atoms with Crippen molar-refractivity contribution in [2.24, 2.45) is 5.73 Å². The van der Waals surface area contributed by atoms with Crippen LogP contribution in [0.15, 0.2) is 0 Å². The molecule has 0 aromatic carbocycles. The van der Waals surface area contributed by atoms with Gasteiger partial charge in [0.2, 0.25) is 0 Å². The van der Waals surface area contributed by atoms with Crippen LogP contribution in [0.3, 0.4) is 0 Å². The summed E-state index contributed by atoms with van der Waals surface area (Å²) >= 11 is 0. The molecule has 0 radical (unpaired) electrons. The number of hydrogen-bond acceptors (Lipinski definition) is 3. The maximum absolute atomic E-state index is 8.75. The Balaban J connectivity index is 2.33. The second kappa shape index (κ2) is 1.78. The van der Waals surface area contributed by atoms with E-state index >= 15 is 0 Å². The smallest absolute Gasteiger partial charge is 0.0946 e. The highest BCUT2D eigenvalue weighted by Gasteiger charge is 2.21. The Labute approximate surface area is 42.1 Å². The topological polar surface area (TPSA) is 55.5 Å². The fourth-order valence-corrected chi connectivity index (χ4v) is 0.560. The summed E-state index contributed by atoms with van der Waals surface area (Å²) in [5.41, 5.74) is 5.30. The molecule has 0 aromatic heterocycles. The molecular formula is C4H9NO2. The van der Waals surface area contributed by atoms with Crippen molar-refractivity contribution >= 4 is 0 Å². The summed E-state index contributed by atoms with van der Waals surface area (Å²) in [7, 11) is 0. The van der Waals surface area contributed by atoms with Crippen molar-refractivity contribution in [3.63, 3.8) is 0 Å². The van der Waals surface area contributed by atoms with Crippen LogP contribution in [0.4, 0.5) is 0 Å². The van der Waals surface area contributed by atoms with Gasteiger partial charge >= 0.3 is 0 Å². The van der Waals surface area contributed by atoms with Gasteiger partial charge in [-0.1, -0.05) is 0 Å². The zero-order valence-electron chi connectivity index (χ0n) is 4.00. The van der Waals surface area contributed by atoms with Crippen molar-refractivity contribution in [1.29, 1.82) is 0 Å². The van der Waals surface area contributed by atoms with E-state index in [-0.39, 0.29) is 6.04 Å². The van der Waals surface area contributed by atoms with Gasteiger partial charge in [0.05, 0.1) is 25.4 Å². The van der Waals surface area contributed by atoms with Crippen molar-refractivity contribution in [3.8, 4) is 0 Å². The van der Waals surface area contributed by atoms with Crippen LogP contribution in [0.25, 0.3) is 0 Å². The van der Waals surface area contributed by atoms with Gasteiger partial charge in [0.15, 0.2) is 0 Å². The average Bonchev–Trinajstić information content (AvgIpc) is 1.91. The largest absolute Gasteiger partial charge is 0.389 e. The highest BCUT2D eigenvalue weighted by molar-refractivity contribution is 4.75. The standard InChI is InChI=1S/C4H9NO2/c5-3-1-7-2-4(3)6/h3-4,6H,1-2,5H2/t3?,4-/m1/s1. The van der Waals surface area contributed by atoms with Gasteiger partial charge in [0.1, 0.15) is 0 Å². The van der Waals surface area contributed by atoms with Crippen LogP contribution >= 0.6 is 0 Å². The second-order valence-corrected chi connectivity index (χ2v) is 1.77. The normalized spacial score (nSPS) is 42.0. The fourth-order valence-electron chi connectivity index (χ4n) is 0.560. The summed E-state index contributed by atoms with van der Waals surface area (Å²) in [6.45, 7) is 0.905. The van der Waals surface area contributed by atoms with E-state index in [1.54, 1.807) is 0 Å². The molecule has 1 aliphatic heterocycles. The van der Waals surface area contributed by atoms with E-state index < -0.39 is 6.10 Å². The van der Waals surface area contributed by atoms with Gasteiger partial charge in [-0.3, -0.25) is 0 Å². The van der Waals surface area contributed by atoms with Crippen molar-refractivity contribution in [1.82, 2.24) is 0 Å². The number of aliphatic hydroxyl groups is 1.